The Morgan fingerprint density at radius 1 is 1.00 bits per heavy atom. The first-order chi connectivity index (χ1) is 16.9. The summed E-state index contributed by atoms with van der Waals surface area (Å²) in [6, 6.07) is 15.2. The van der Waals surface area contributed by atoms with E-state index < -0.39 is 10.0 Å². The van der Waals surface area contributed by atoms with Gasteiger partial charge in [-0.15, -0.1) is 0 Å². The zero-order chi connectivity index (χ0) is 24.7. The van der Waals surface area contributed by atoms with Crippen LogP contribution in [0.25, 0.3) is 6.08 Å². The van der Waals surface area contributed by atoms with Crippen molar-refractivity contribution in [2.45, 2.75) is 11.8 Å². The molecule has 4 rings (SSSR count). The summed E-state index contributed by atoms with van der Waals surface area (Å²) in [5.41, 5.74) is 3.32. The molecular formula is C26H34N4O4S. The Hall–Kier alpha value is -2.72. The van der Waals surface area contributed by atoms with E-state index in [0.29, 0.717) is 32.8 Å². The average Bonchev–Trinajstić information content (AvgIpc) is 2.89. The number of piperazine rings is 1. The van der Waals surface area contributed by atoms with Crippen molar-refractivity contribution in [3.05, 3.63) is 65.7 Å². The van der Waals surface area contributed by atoms with E-state index in [-0.39, 0.29) is 10.8 Å². The van der Waals surface area contributed by atoms with Gasteiger partial charge in [-0.2, -0.15) is 4.31 Å². The minimum Gasteiger partial charge on any atom is -0.379 e. The van der Waals surface area contributed by atoms with E-state index in [4.69, 9.17) is 4.74 Å². The van der Waals surface area contributed by atoms with Gasteiger partial charge in [0, 0.05) is 64.1 Å². The van der Waals surface area contributed by atoms with E-state index in [1.54, 1.807) is 30.3 Å². The molecule has 2 saturated heterocycles. The number of carbonyl (C=O) groups excluding carboxylic acids is 1. The lowest BCUT2D eigenvalue weighted by Gasteiger charge is -2.36. The highest BCUT2D eigenvalue weighted by Gasteiger charge is 2.26. The smallest absolute Gasteiger partial charge is 0.244 e. The number of carbonyl (C=O) groups is 1. The monoisotopic (exact) mass is 498 g/mol. The number of amides is 1. The number of sulfonamides is 1. The van der Waals surface area contributed by atoms with Crippen LogP contribution in [-0.4, -0.2) is 89.1 Å². The van der Waals surface area contributed by atoms with Crippen molar-refractivity contribution in [1.82, 2.24) is 14.5 Å². The molecule has 2 aromatic rings. The minimum atomic E-state index is -3.51. The highest BCUT2D eigenvalue weighted by atomic mass is 32.2. The number of hydrogen-bond donors (Lipinski definition) is 1. The van der Waals surface area contributed by atoms with Crippen molar-refractivity contribution in [3.63, 3.8) is 0 Å². The molecule has 0 spiro atoms. The summed E-state index contributed by atoms with van der Waals surface area (Å²) in [5.74, 6) is -0.159. The lowest BCUT2D eigenvalue weighted by molar-refractivity contribution is -0.116. The van der Waals surface area contributed by atoms with Gasteiger partial charge in [0.25, 0.3) is 0 Å². The lowest BCUT2D eigenvalue weighted by atomic mass is 10.2. The molecule has 188 valence electrons. The van der Waals surface area contributed by atoms with Crippen molar-refractivity contribution in [3.8, 4) is 0 Å². The van der Waals surface area contributed by atoms with Gasteiger partial charge in [0.15, 0.2) is 0 Å². The van der Waals surface area contributed by atoms with Crippen LogP contribution in [0.5, 0.6) is 0 Å². The van der Waals surface area contributed by atoms with Crippen molar-refractivity contribution in [2.75, 3.05) is 70.5 Å². The largest absolute Gasteiger partial charge is 0.379 e. The molecular weight excluding hydrogens is 464 g/mol. The highest BCUT2D eigenvalue weighted by Crippen LogP contribution is 2.19. The van der Waals surface area contributed by atoms with Gasteiger partial charge in [0.1, 0.15) is 0 Å². The third kappa shape index (κ3) is 6.91. The second-order valence-corrected chi connectivity index (χ2v) is 10.8. The first kappa shape index (κ1) is 25.4. The average molecular weight is 499 g/mol. The zero-order valence-corrected chi connectivity index (χ0v) is 21.0. The molecule has 1 N–H and O–H groups in total. The number of aryl methyl sites for hydroxylation is 1. The Labute approximate surface area is 208 Å². The minimum absolute atomic E-state index is 0.159. The van der Waals surface area contributed by atoms with Crippen LogP contribution in [0.3, 0.4) is 0 Å². The Morgan fingerprint density at radius 3 is 2.40 bits per heavy atom. The van der Waals surface area contributed by atoms with E-state index in [2.05, 4.69) is 46.3 Å². The fourth-order valence-electron chi connectivity index (χ4n) is 4.31. The summed E-state index contributed by atoms with van der Waals surface area (Å²) in [5, 5.41) is 2.93. The molecule has 2 heterocycles. The Bertz CT molecular complexity index is 1120. The number of anilines is 1. The maximum absolute atomic E-state index is 12.7. The van der Waals surface area contributed by atoms with Gasteiger partial charge in [-0.1, -0.05) is 24.3 Å². The first-order valence-corrected chi connectivity index (χ1v) is 13.5. The number of hydrogen-bond acceptors (Lipinski definition) is 6. The van der Waals surface area contributed by atoms with Crippen LogP contribution < -0.4 is 10.2 Å². The van der Waals surface area contributed by atoms with Gasteiger partial charge in [-0.3, -0.25) is 9.69 Å². The van der Waals surface area contributed by atoms with E-state index in [9.17, 15) is 13.2 Å². The summed E-state index contributed by atoms with van der Waals surface area (Å²) in [4.78, 5) is 17.2. The van der Waals surface area contributed by atoms with Gasteiger partial charge in [0.05, 0.1) is 18.1 Å². The molecule has 0 atom stereocenters. The second kappa shape index (κ2) is 11.8. The molecule has 0 saturated carbocycles. The van der Waals surface area contributed by atoms with Crippen LogP contribution in [0.2, 0.25) is 0 Å². The highest BCUT2D eigenvalue weighted by molar-refractivity contribution is 7.89. The molecule has 0 aliphatic carbocycles. The number of morpholine rings is 1. The third-order valence-electron chi connectivity index (χ3n) is 6.38. The summed E-state index contributed by atoms with van der Waals surface area (Å²) >= 11 is 0. The normalized spacial score (nSPS) is 18.1. The molecule has 8 nitrogen and oxygen atoms in total. The van der Waals surface area contributed by atoms with Crippen LogP contribution in [-0.2, 0) is 19.6 Å². The zero-order valence-electron chi connectivity index (χ0n) is 20.2. The molecule has 1 amide bonds. The number of nitrogens with one attached hydrogen (secondary N) is 1. The number of ether oxygens (including phenoxy) is 1. The van der Waals surface area contributed by atoms with Crippen LogP contribution >= 0.6 is 0 Å². The molecule has 2 aliphatic heterocycles. The fraction of sp³-hybridized carbons (Fsp3) is 0.423. The predicted octanol–water partition coefficient (Wildman–Crippen LogP) is 1.97. The molecule has 2 fully saturated rings. The van der Waals surface area contributed by atoms with Crippen LogP contribution in [0.15, 0.2) is 59.5 Å². The van der Waals surface area contributed by atoms with Crippen molar-refractivity contribution >= 4 is 27.7 Å². The van der Waals surface area contributed by atoms with E-state index >= 15 is 0 Å². The maximum atomic E-state index is 12.7. The molecule has 35 heavy (non-hydrogen) atoms. The molecule has 0 aromatic heterocycles. The van der Waals surface area contributed by atoms with Crippen molar-refractivity contribution in [2.24, 2.45) is 0 Å². The van der Waals surface area contributed by atoms with Crippen LogP contribution in [0, 0.1) is 6.92 Å². The van der Waals surface area contributed by atoms with Gasteiger partial charge in [-0.25, -0.2) is 8.42 Å². The fourth-order valence-corrected chi connectivity index (χ4v) is 5.72. The van der Waals surface area contributed by atoms with E-state index in [1.807, 2.05) is 0 Å². The van der Waals surface area contributed by atoms with Gasteiger partial charge in [-0.05, 0) is 48.4 Å². The van der Waals surface area contributed by atoms with Crippen molar-refractivity contribution < 1.29 is 17.9 Å². The summed E-state index contributed by atoms with van der Waals surface area (Å²) in [7, 11) is -3.51. The molecule has 0 radical (unpaired) electrons. The number of benzene rings is 2. The topological polar surface area (TPSA) is 82.2 Å². The van der Waals surface area contributed by atoms with Gasteiger partial charge < -0.3 is 15.0 Å². The van der Waals surface area contributed by atoms with Crippen molar-refractivity contribution in [1.29, 1.82) is 0 Å². The molecule has 9 heteroatoms. The van der Waals surface area contributed by atoms with Crippen LogP contribution in [0.4, 0.5) is 5.69 Å². The predicted molar refractivity (Wildman–Crippen MR) is 138 cm³/mol. The second-order valence-electron chi connectivity index (χ2n) is 8.88. The van der Waals surface area contributed by atoms with E-state index in [0.717, 1.165) is 38.3 Å². The molecule has 2 aliphatic rings. The SMILES string of the molecule is Cc1cccc(N2CCN(CCNC(=O)/C=C/c3ccc(S(=O)(=O)N4CCOCC4)cc3)CC2)c1. The summed E-state index contributed by atoms with van der Waals surface area (Å²) in [6.07, 6.45) is 3.18. The Balaban J connectivity index is 1.18. The third-order valence-corrected chi connectivity index (χ3v) is 8.29. The maximum Gasteiger partial charge on any atom is 0.244 e. The molecule has 0 bridgehead atoms. The number of rotatable bonds is 8. The van der Waals surface area contributed by atoms with Crippen LogP contribution in [0.1, 0.15) is 11.1 Å². The summed E-state index contributed by atoms with van der Waals surface area (Å²) < 4.78 is 32.1. The number of nitrogens with zero attached hydrogens (tertiary/aromatic N) is 3. The molecule has 0 unspecified atom stereocenters. The first-order valence-electron chi connectivity index (χ1n) is 12.1. The van der Waals surface area contributed by atoms with Gasteiger partial charge >= 0.3 is 0 Å². The van der Waals surface area contributed by atoms with E-state index in [1.165, 1.54) is 21.6 Å². The molecule has 2 aromatic carbocycles. The summed E-state index contributed by atoms with van der Waals surface area (Å²) in [6.45, 7) is 8.99. The Kier molecular flexibility index (Phi) is 8.56. The van der Waals surface area contributed by atoms with Gasteiger partial charge in [0.2, 0.25) is 15.9 Å². The standard InChI is InChI=1S/C26H34N4O4S/c1-22-3-2-4-24(21-22)29-15-13-28(14-16-29)12-11-27-26(31)10-7-23-5-8-25(9-6-23)35(32,33)30-17-19-34-20-18-30/h2-10,21H,11-20H2,1H3,(H,27,31)/b10-7+. The quantitative estimate of drug-likeness (QED) is 0.561. The Morgan fingerprint density at radius 2 is 1.71 bits per heavy atom. The lowest BCUT2D eigenvalue weighted by Crippen LogP contribution is -2.48.